The molecule has 5 heteroatoms. The number of benzene rings is 1. The van der Waals surface area contributed by atoms with Gasteiger partial charge in [0, 0.05) is 16.3 Å². The van der Waals surface area contributed by atoms with Gasteiger partial charge in [-0.2, -0.15) is 0 Å². The third-order valence-corrected chi connectivity index (χ3v) is 3.01. The van der Waals surface area contributed by atoms with Crippen molar-refractivity contribution in [3.05, 3.63) is 41.0 Å². The SMILES string of the molecule is Cc1cc(-c2ccc(Cl)cc2)c2c(N)noc2n1. The summed E-state index contributed by atoms with van der Waals surface area (Å²) in [7, 11) is 0. The van der Waals surface area contributed by atoms with Crippen LogP contribution in [-0.2, 0) is 0 Å². The molecule has 0 atom stereocenters. The molecule has 0 spiro atoms. The second-order valence-electron chi connectivity index (χ2n) is 4.07. The number of fused-ring (bicyclic) bond motifs is 1. The molecule has 0 bridgehead atoms. The van der Waals surface area contributed by atoms with Gasteiger partial charge in [0.15, 0.2) is 5.82 Å². The van der Waals surface area contributed by atoms with E-state index in [1.165, 1.54) is 0 Å². The first-order chi connectivity index (χ1) is 8.65. The number of nitrogens with two attached hydrogens (primary N) is 1. The molecule has 0 saturated carbocycles. The Morgan fingerprint density at radius 1 is 1.22 bits per heavy atom. The van der Waals surface area contributed by atoms with Crippen molar-refractivity contribution >= 4 is 28.5 Å². The molecule has 90 valence electrons. The molecule has 0 aliphatic rings. The maximum absolute atomic E-state index is 5.89. The van der Waals surface area contributed by atoms with Gasteiger partial charge in [0.2, 0.25) is 0 Å². The Labute approximate surface area is 108 Å². The highest BCUT2D eigenvalue weighted by atomic mass is 35.5. The van der Waals surface area contributed by atoms with E-state index in [0.29, 0.717) is 16.6 Å². The van der Waals surface area contributed by atoms with Crippen molar-refractivity contribution in [3.63, 3.8) is 0 Å². The summed E-state index contributed by atoms with van der Waals surface area (Å²) in [6.07, 6.45) is 0. The maximum Gasteiger partial charge on any atom is 0.260 e. The molecule has 0 aliphatic carbocycles. The Hall–Kier alpha value is -2.07. The fourth-order valence-corrected chi connectivity index (χ4v) is 2.08. The van der Waals surface area contributed by atoms with E-state index in [1.807, 2.05) is 37.3 Å². The molecule has 3 aromatic rings. The van der Waals surface area contributed by atoms with Gasteiger partial charge in [-0.1, -0.05) is 28.9 Å². The monoisotopic (exact) mass is 259 g/mol. The van der Waals surface area contributed by atoms with Crippen LogP contribution in [0.4, 0.5) is 5.82 Å². The highest BCUT2D eigenvalue weighted by molar-refractivity contribution is 6.30. The highest BCUT2D eigenvalue weighted by Gasteiger charge is 2.14. The van der Waals surface area contributed by atoms with Crippen LogP contribution < -0.4 is 5.73 Å². The van der Waals surface area contributed by atoms with Gasteiger partial charge in [-0.15, -0.1) is 0 Å². The van der Waals surface area contributed by atoms with E-state index in [4.69, 9.17) is 21.9 Å². The highest BCUT2D eigenvalue weighted by Crippen LogP contribution is 2.32. The third-order valence-electron chi connectivity index (χ3n) is 2.76. The Kier molecular flexibility index (Phi) is 2.45. The van der Waals surface area contributed by atoms with Crippen LogP contribution >= 0.6 is 11.6 Å². The molecule has 0 amide bonds. The van der Waals surface area contributed by atoms with E-state index in [9.17, 15) is 0 Å². The first-order valence-electron chi connectivity index (χ1n) is 5.43. The molecule has 18 heavy (non-hydrogen) atoms. The fraction of sp³-hybridized carbons (Fsp3) is 0.0769. The third kappa shape index (κ3) is 1.71. The van der Waals surface area contributed by atoms with Crippen LogP contribution in [-0.4, -0.2) is 10.1 Å². The van der Waals surface area contributed by atoms with Crippen molar-refractivity contribution in [3.8, 4) is 11.1 Å². The standard InChI is InChI=1S/C13H10ClN3O/c1-7-6-10(8-2-4-9(14)5-3-8)11-12(15)17-18-13(11)16-7/h2-6H,1H3,(H2,15,17). The summed E-state index contributed by atoms with van der Waals surface area (Å²) in [5.74, 6) is 0.349. The lowest BCUT2D eigenvalue weighted by molar-refractivity contribution is 0.452. The topological polar surface area (TPSA) is 64.9 Å². The molecule has 4 nitrogen and oxygen atoms in total. The first kappa shape index (κ1) is 11.0. The zero-order valence-electron chi connectivity index (χ0n) is 9.64. The molecule has 3 rings (SSSR count). The molecule has 2 heterocycles. The van der Waals surface area contributed by atoms with Crippen molar-refractivity contribution in [1.29, 1.82) is 0 Å². The molecule has 0 fully saturated rings. The summed E-state index contributed by atoms with van der Waals surface area (Å²) in [4.78, 5) is 4.26. The van der Waals surface area contributed by atoms with Gasteiger partial charge in [-0.3, -0.25) is 0 Å². The van der Waals surface area contributed by atoms with Crippen LogP contribution in [0.25, 0.3) is 22.2 Å². The van der Waals surface area contributed by atoms with Gasteiger partial charge in [0.05, 0.1) is 5.39 Å². The normalized spacial score (nSPS) is 11.0. The molecular formula is C13H10ClN3O. The van der Waals surface area contributed by atoms with Gasteiger partial charge in [-0.25, -0.2) is 4.98 Å². The van der Waals surface area contributed by atoms with E-state index >= 15 is 0 Å². The van der Waals surface area contributed by atoms with Crippen molar-refractivity contribution in [2.75, 3.05) is 5.73 Å². The van der Waals surface area contributed by atoms with Crippen molar-refractivity contribution in [2.45, 2.75) is 6.92 Å². The lowest BCUT2D eigenvalue weighted by Gasteiger charge is -2.04. The Morgan fingerprint density at radius 2 is 1.94 bits per heavy atom. The number of aromatic nitrogens is 2. The Bertz CT molecular complexity index is 719. The summed E-state index contributed by atoms with van der Waals surface area (Å²) in [5, 5.41) is 5.19. The van der Waals surface area contributed by atoms with E-state index < -0.39 is 0 Å². The van der Waals surface area contributed by atoms with E-state index in [1.54, 1.807) is 0 Å². The zero-order chi connectivity index (χ0) is 12.7. The molecule has 2 aromatic heterocycles. The average molecular weight is 260 g/mol. The molecule has 2 N–H and O–H groups in total. The lowest BCUT2D eigenvalue weighted by Crippen LogP contribution is -1.90. The predicted molar refractivity (Wildman–Crippen MR) is 71.4 cm³/mol. The molecule has 0 radical (unpaired) electrons. The van der Waals surface area contributed by atoms with E-state index in [0.717, 1.165) is 22.2 Å². The van der Waals surface area contributed by atoms with Crippen LogP contribution in [0.15, 0.2) is 34.9 Å². The van der Waals surface area contributed by atoms with Crippen LogP contribution in [0.3, 0.4) is 0 Å². The number of halogens is 1. The Balaban J connectivity index is 2.33. The maximum atomic E-state index is 5.89. The van der Waals surface area contributed by atoms with Gasteiger partial charge in [0.25, 0.3) is 5.71 Å². The zero-order valence-corrected chi connectivity index (χ0v) is 10.4. The summed E-state index contributed by atoms with van der Waals surface area (Å²) < 4.78 is 5.10. The second kappa shape index (κ2) is 3.99. The number of nitrogen functional groups attached to an aromatic ring is 1. The fourth-order valence-electron chi connectivity index (χ4n) is 1.95. The first-order valence-corrected chi connectivity index (χ1v) is 5.81. The number of hydrogen-bond donors (Lipinski definition) is 1. The van der Waals surface area contributed by atoms with Crippen molar-refractivity contribution in [2.24, 2.45) is 0 Å². The molecule has 0 aliphatic heterocycles. The summed E-state index contributed by atoms with van der Waals surface area (Å²) in [6.45, 7) is 1.90. The predicted octanol–water partition coefficient (Wildman–Crippen LogP) is 3.43. The van der Waals surface area contributed by atoms with Crippen molar-refractivity contribution in [1.82, 2.24) is 10.1 Å². The minimum absolute atomic E-state index is 0.349. The van der Waals surface area contributed by atoms with Gasteiger partial charge in [-0.05, 0) is 30.7 Å². The Morgan fingerprint density at radius 3 is 2.67 bits per heavy atom. The number of anilines is 1. The minimum Gasteiger partial charge on any atom is -0.380 e. The van der Waals surface area contributed by atoms with E-state index in [2.05, 4.69) is 10.1 Å². The van der Waals surface area contributed by atoms with Crippen LogP contribution in [0.5, 0.6) is 0 Å². The van der Waals surface area contributed by atoms with E-state index in [-0.39, 0.29) is 0 Å². The quantitative estimate of drug-likeness (QED) is 0.727. The molecule has 0 unspecified atom stereocenters. The number of nitrogens with zero attached hydrogens (tertiary/aromatic N) is 2. The number of aryl methyl sites for hydroxylation is 1. The molecule has 1 aromatic carbocycles. The number of rotatable bonds is 1. The lowest BCUT2D eigenvalue weighted by atomic mass is 10.0. The van der Waals surface area contributed by atoms with Crippen LogP contribution in [0.1, 0.15) is 5.69 Å². The van der Waals surface area contributed by atoms with Crippen molar-refractivity contribution < 1.29 is 4.52 Å². The second-order valence-corrected chi connectivity index (χ2v) is 4.50. The average Bonchev–Trinajstić information content (AvgIpc) is 2.71. The summed E-state index contributed by atoms with van der Waals surface area (Å²) in [5.41, 5.74) is 9.09. The van der Waals surface area contributed by atoms with Gasteiger partial charge < -0.3 is 10.3 Å². The molecule has 0 saturated heterocycles. The van der Waals surface area contributed by atoms with Gasteiger partial charge >= 0.3 is 0 Å². The van der Waals surface area contributed by atoms with Crippen LogP contribution in [0, 0.1) is 6.92 Å². The number of pyridine rings is 1. The smallest absolute Gasteiger partial charge is 0.260 e. The number of hydrogen-bond acceptors (Lipinski definition) is 4. The molecular weight excluding hydrogens is 250 g/mol. The largest absolute Gasteiger partial charge is 0.380 e. The minimum atomic E-state index is 0.349. The van der Waals surface area contributed by atoms with Gasteiger partial charge in [0.1, 0.15) is 0 Å². The summed E-state index contributed by atoms with van der Waals surface area (Å²) in [6, 6.07) is 9.50. The van der Waals surface area contributed by atoms with Crippen LogP contribution in [0.2, 0.25) is 5.02 Å². The summed E-state index contributed by atoms with van der Waals surface area (Å²) >= 11 is 5.89.